The van der Waals surface area contributed by atoms with Gasteiger partial charge in [-0.15, -0.1) is 0 Å². The molecule has 0 aliphatic rings. The van der Waals surface area contributed by atoms with Gasteiger partial charge in [-0.1, -0.05) is 0 Å². The zero-order valence-corrected chi connectivity index (χ0v) is 8.83. The molecule has 14 heavy (non-hydrogen) atoms. The van der Waals surface area contributed by atoms with Crippen molar-refractivity contribution >= 4 is 5.84 Å². The second-order valence-corrected chi connectivity index (χ2v) is 3.15. The number of hydrogen-bond donors (Lipinski definition) is 1. The highest BCUT2D eigenvalue weighted by molar-refractivity contribution is 5.81. The Bertz CT molecular complexity index is 278. The van der Waals surface area contributed by atoms with Crippen LogP contribution in [0.4, 0.5) is 0 Å². The Morgan fingerprint density at radius 1 is 1.29 bits per heavy atom. The first-order valence-corrected chi connectivity index (χ1v) is 4.99. The van der Waals surface area contributed by atoms with Gasteiger partial charge in [0.15, 0.2) is 0 Å². The molecular formula is C11H17N3. The Morgan fingerprint density at radius 2 is 1.86 bits per heavy atom. The van der Waals surface area contributed by atoms with E-state index in [0.29, 0.717) is 12.3 Å². The molecule has 0 aliphatic heterocycles. The maximum absolute atomic E-state index is 7.89. The van der Waals surface area contributed by atoms with Crippen molar-refractivity contribution in [2.45, 2.75) is 20.3 Å². The summed E-state index contributed by atoms with van der Waals surface area (Å²) in [6, 6.07) is 3.91. The van der Waals surface area contributed by atoms with Gasteiger partial charge >= 0.3 is 0 Å². The predicted molar refractivity (Wildman–Crippen MR) is 58.6 cm³/mol. The van der Waals surface area contributed by atoms with Crippen molar-refractivity contribution in [3.8, 4) is 0 Å². The van der Waals surface area contributed by atoms with Crippen LogP contribution >= 0.6 is 0 Å². The van der Waals surface area contributed by atoms with Crippen LogP contribution in [0.15, 0.2) is 24.5 Å². The monoisotopic (exact) mass is 191 g/mol. The summed E-state index contributed by atoms with van der Waals surface area (Å²) >= 11 is 0. The van der Waals surface area contributed by atoms with Crippen LogP contribution in [0, 0.1) is 5.41 Å². The summed E-state index contributed by atoms with van der Waals surface area (Å²) in [6.45, 7) is 5.95. The molecule has 3 nitrogen and oxygen atoms in total. The molecule has 0 radical (unpaired) electrons. The highest BCUT2D eigenvalue weighted by Crippen LogP contribution is 2.01. The number of hydrogen-bond acceptors (Lipinski definition) is 2. The van der Waals surface area contributed by atoms with Gasteiger partial charge in [0.05, 0.1) is 0 Å². The maximum Gasteiger partial charge on any atom is 0.100 e. The molecule has 1 aromatic heterocycles. The van der Waals surface area contributed by atoms with Crippen molar-refractivity contribution in [1.29, 1.82) is 5.41 Å². The van der Waals surface area contributed by atoms with Crippen LogP contribution in [0.2, 0.25) is 0 Å². The molecule has 1 aromatic rings. The van der Waals surface area contributed by atoms with Crippen molar-refractivity contribution in [1.82, 2.24) is 9.88 Å². The van der Waals surface area contributed by atoms with Gasteiger partial charge in [-0.3, -0.25) is 10.4 Å². The summed E-state index contributed by atoms with van der Waals surface area (Å²) in [5.41, 5.74) is 1.15. The minimum absolute atomic E-state index is 0.682. The lowest BCUT2D eigenvalue weighted by Gasteiger charge is -2.21. The normalized spacial score (nSPS) is 9.86. The largest absolute Gasteiger partial charge is 0.361 e. The molecule has 0 bridgehead atoms. The van der Waals surface area contributed by atoms with Gasteiger partial charge in [-0.05, 0) is 31.5 Å². The second-order valence-electron chi connectivity index (χ2n) is 3.15. The predicted octanol–water partition coefficient (Wildman–Crippen LogP) is 1.94. The number of nitrogens with one attached hydrogen (secondary N) is 1. The quantitative estimate of drug-likeness (QED) is 0.583. The molecule has 0 aromatic carbocycles. The molecule has 0 fully saturated rings. The number of amidine groups is 1. The van der Waals surface area contributed by atoms with E-state index in [2.05, 4.69) is 23.7 Å². The average Bonchev–Trinajstić information content (AvgIpc) is 2.21. The molecule has 0 saturated carbocycles. The fraction of sp³-hybridized carbons (Fsp3) is 0.455. The lowest BCUT2D eigenvalue weighted by Crippen LogP contribution is -2.31. The molecule has 0 unspecified atom stereocenters. The van der Waals surface area contributed by atoms with Gasteiger partial charge in [0.2, 0.25) is 0 Å². The molecule has 1 heterocycles. The summed E-state index contributed by atoms with van der Waals surface area (Å²) in [6.07, 6.45) is 4.24. The summed E-state index contributed by atoms with van der Waals surface area (Å²) in [5.74, 6) is 0.682. The molecule has 1 rings (SSSR count). The zero-order valence-electron chi connectivity index (χ0n) is 8.83. The zero-order chi connectivity index (χ0) is 10.4. The third-order valence-electron chi connectivity index (χ3n) is 2.27. The smallest absolute Gasteiger partial charge is 0.100 e. The fourth-order valence-electron chi connectivity index (χ4n) is 1.41. The van der Waals surface area contributed by atoms with Crippen LogP contribution in [0.5, 0.6) is 0 Å². The van der Waals surface area contributed by atoms with Crippen LogP contribution in [0.3, 0.4) is 0 Å². The van der Waals surface area contributed by atoms with Gasteiger partial charge in [-0.2, -0.15) is 0 Å². The van der Waals surface area contributed by atoms with Crippen molar-refractivity contribution in [2.24, 2.45) is 0 Å². The lowest BCUT2D eigenvalue weighted by atomic mass is 10.2. The Hall–Kier alpha value is -1.38. The van der Waals surface area contributed by atoms with Gasteiger partial charge in [0, 0.05) is 31.9 Å². The van der Waals surface area contributed by atoms with Gasteiger partial charge in [0.1, 0.15) is 5.84 Å². The van der Waals surface area contributed by atoms with Crippen molar-refractivity contribution in [2.75, 3.05) is 13.1 Å². The molecule has 0 amide bonds. The molecule has 3 heteroatoms. The molecule has 0 atom stereocenters. The first kappa shape index (κ1) is 10.7. The van der Waals surface area contributed by atoms with E-state index in [1.165, 1.54) is 0 Å². The van der Waals surface area contributed by atoms with Crippen molar-refractivity contribution in [3.63, 3.8) is 0 Å². The summed E-state index contributed by atoms with van der Waals surface area (Å²) < 4.78 is 0. The highest BCUT2D eigenvalue weighted by atomic mass is 15.1. The summed E-state index contributed by atoms with van der Waals surface area (Å²) in [7, 11) is 0. The third kappa shape index (κ3) is 2.83. The van der Waals surface area contributed by atoms with E-state index >= 15 is 0 Å². The standard InChI is InChI=1S/C11H17N3/c1-3-14(4-2)11(12)9-10-5-7-13-8-6-10/h5-8,12H,3-4,9H2,1-2H3. The topological polar surface area (TPSA) is 40.0 Å². The van der Waals surface area contributed by atoms with Crippen molar-refractivity contribution in [3.05, 3.63) is 30.1 Å². The van der Waals surface area contributed by atoms with Crippen LogP contribution in [0.25, 0.3) is 0 Å². The molecule has 76 valence electrons. The van der Waals surface area contributed by atoms with E-state index in [4.69, 9.17) is 5.41 Å². The van der Waals surface area contributed by atoms with Crippen molar-refractivity contribution < 1.29 is 0 Å². The molecule has 0 spiro atoms. The van der Waals surface area contributed by atoms with E-state index in [9.17, 15) is 0 Å². The molecule has 1 N–H and O–H groups in total. The third-order valence-corrected chi connectivity index (χ3v) is 2.27. The van der Waals surface area contributed by atoms with Gasteiger partial charge in [-0.25, -0.2) is 0 Å². The van der Waals surface area contributed by atoms with E-state index in [1.54, 1.807) is 12.4 Å². The van der Waals surface area contributed by atoms with E-state index in [1.807, 2.05) is 12.1 Å². The fourth-order valence-corrected chi connectivity index (χ4v) is 1.41. The summed E-state index contributed by atoms with van der Waals surface area (Å²) in [5, 5.41) is 7.89. The Kier molecular flexibility index (Phi) is 4.11. The minimum Gasteiger partial charge on any atom is -0.361 e. The summed E-state index contributed by atoms with van der Waals surface area (Å²) in [4.78, 5) is 6.01. The molecular weight excluding hydrogens is 174 g/mol. The van der Waals surface area contributed by atoms with Gasteiger partial charge in [0.25, 0.3) is 0 Å². The second kappa shape index (κ2) is 5.37. The van der Waals surface area contributed by atoms with Crippen LogP contribution in [-0.4, -0.2) is 28.8 Å². The van der Waals surface area contributed by atoms with Crippen LogP contribution < -0.4 is 0 Å². The maximum atomic E-state index is 7.89. The lowest BCUT2D eigenvalue weighted by molar-refractivity contribution is 0.455. The van der Waals surface area contributed by atoms with E-state index in [-0.39, 0.29) is 0 Å². The number of likely N-dealkylation sites (N-methyl/N-ethyl adjacent to an activating group) is 1. The number of pyridine rings is 1. The Labute approximate surface area is 85.3 Å². The SMILES string of the molecule is CCN(CC)C(=N)Cc1ccncc1. The Morgan fingerprint density at radius 3 is 2.36 bits per heavy atom. The number of nitrogens with zero attached hydrogens (tertiary/aromatic N) is 2. The van der Waals surface area contributed by atoms with E-state index < -0.39 is 0 Å². The number of rotatable bonds is 4. The first-order valence-electron chi connectivity index (χ1n) is 4.99. The van der Waals surface area contributed by atoms with Gasteiger partial charge < -0.3 is 4.90 Å². The average molecular weight is 191 g/mol. The van der Waals surface area contributed by atoms with Crippen LogP contribution in [0.1, 0.15) is 19.4 Å². The Balaban J connectivity index is 2.57. The van der Waals surface area contributed by atoms with E-state index in [0.717, 1.165) is 18.7 Å². The number of aromatic nitrogens is 1. The highest BCUT2D eigenvalue weighted by Gasteiger charge is 2.05. The van der Waals surface area contributed by atoms with Crippen LogP contribution in [-0.2, 0) is 6.42 Å². The molecule has 0 saturated heterocycles. The minimum atomic E-state index is 0.682. The first-order chi connectivity index (χ1) is 6.77. The molecule has 0 aliphatic carbocycles.